The van der Waals surface area contributed by atoms with Gasteiger partial charge in [0.15, 0.2) is 0 Å². The second-order valence-electron chi connectivity index (χ2n) is 3.34. The Bertz CT molecular complexity index is 157. The van der Waals surface area contributed by atoms with Gasteiger partial charge in [0.05, 0.1) is 32.7 Å². The van der Waals surface area contributed by atoms with Crippen molar-refractivity contribution in [3.63, 3.8) is 0 Å². The van der Waals surface area contributed by atoms with Crippen LogP contribution in [0.3, 0.4) is 0 Å². The Balaban J connectivity index is 3.26. The van der Waals surface area contributed by atoms with Crippen molar-refractivity contribution in [3.05, 3.63) is 12.8 Å². The Morgan fingerprint density at radius 1 is 1.07 bits per heavy atom. The van der Waals surface area contributed by atoms with E-state index in [-0.39, 0.29) is 0 Å². The molecule has 0 atom stereocenters. The average molecular weight is 218 g/mol. The lowest BCUT2D eigenvalue weighted by atomic mass is 10.4. The van der Waals surface area contributed by atoms with Gasteiger partial charge in [-0.2, -0.15) is 0 Å². The number of rotatable bonds is 10. The van der Waals surface area contributed by atoms with Gasteiger partial charge in [-0.3, -0.25) is 0 Å². The molecule has 0 radical (unpaired) electrons. The van der Waals surface area contributed by atoms with Crippen LogP contribution in [0.1, 0.15) is 20.8 Å². The van der Waals surface area contributed by atoms with Crippen molar-refractivity contribution in [1.29, 1.82) is 0 Å². The van der Waals surface area contributed by atoms with E-state index in [1.807, 2.05) is 20.8 Å². The summed E-state index contributed by atoms with van der Waals surface area (Å²) in [4.78, 5) is 0. The van der Waals surface area contributed by atoms with Crippen LogP contribution in [0.25, 0.3) is 0 Å². The number of ether oxygens (including phenoxy) is 4. The molecule has 0 saturated carbocycles. The standard InChI is InChI=1S/C11H22O4/c1-5-12-7-8-13-9-10-15-11(3,4)14-6-2/h6H,2,5,7-10H2,1,3-4H3. The fourth-order valence-corrected chi connectivity index (χ4v) is 0.945. The molecule has 0 spiro atoms. The molecular formula is C11H22O4. The van der Waals surface area contributed by atoms with Gasteiger partial charge < -0.3 is 18.9 Å². The van der Waals surface area contributed by atoms with Crippen molar-refractivity contribution in [2.45, 2.75) is 26.6 Å². The smallest absolute Gasteiger partial charge is 0.203 e. The van der Waals surface area contributed by atoms with Crippen LogP contribution in [-0.4, -0.2) is 38.8 Å². The molecule has 0 aliphatic rings. The molecule has 0 aliphatic heterocycles. The Hall–Kier alpha value is -0.580. The first-order chi connectivity index (χ1) is 7.12. The quantitative estimate of drug-likeness (QED) is 0.319. The maximum atomic E-state index is 5.42. The van der Waals surface area contributed by atoms with Gasteiger partial charge in [-0.05, 0) is 6.92 Å². The van der Waals surface area contributed by atoms with Crippen molar-refractivity contribution in [3.8, 4) is 0 Å². The molecule has 0 N–H and O–H groups in total. The van der Waals surface area contributed by atoms with E-state index in [0.717, 1.165) is 6.61 Å². The van der Waals surface area contributed by atoms with E-state index in [0.29, 0.717) is 26.4 Å². The van der Waals surface area contributed by atoms with Crippen molar-refractivity contribution >= 4 is 0 Å². The molecule has 0 saturated heterocycles. The first kappa shape index (κ1) is 14.4. The number of hydrogen-bond acceptors (Lipinski definition) is 4. The highest BCUT2D eigenvalue weighted by molar-refractivity contribution is 4.60. The Morgan fingerprint density at radius 3 is 2.27 bits per heavy atom. The molecule has 4 nitrogen and oxygen atoms in total. The monoisotopic (exact) mass is 218 g/mol. The molecule has 90 valence electrons. The van der Waals surface area contributed by atoms with E-state index in [1.54, 1.807) is 0 Å². The fraction of sp³-hybridized carbons (Fsp3) is 0.818. The first-order valence-corrected chi connectivity index (χ1v) is 5.20. The summed E-state index contributed by atoms with van der Waals surface area (Å²) in [5.74, 6) is -0.634. The summed E-state index contributed by atoms with van der Waals surface area (Å²) in [6.07, 6.45) is 1.37. The number of hydrogen-bond donors (Lipinski definition) is 0. The van der Waals surface area contributed by atoms with E-state index in [9.17, 15) is 0 Å². The first-order valence-electron chi connectivity index (χ1n) is 5.20. The maximum Gasteiger partial charge on any atom is 0.203 e. The highest BCUT2D eigenvalue weighted by Gasteiger charge is 2.17. The minimum absolute atomic E-state index is 0.493. The third-order valence-electron chi connectivity index (χ3n) is 1.62. The lowest BCUT2D eigenvalue weighted by Gasteiger charge is -2.24. The van der Waals surface area contributed by atoms with Gasteiger partial charge >= 0.3 is 0 Å². The SMILES string of the molecule is C=COC(C)(C)OCCOCCOCC. The van der Waals surface area contributed by atoms with E-state index in [1.165, 1.54) is 6.26 Å². The summed E-state index contributed by atoms with van der Waals surface area (Å²) in [5, 5.41) is 0. The second-order valence-corrected chi connectivity index (χ2v) is 3.34. The highest BCUT2D eigenvalue weighted by atomic mass is 16.7. The van der Waals surface area contributed by atoms with Crippen LogP contribution in [0.2, 0.25) is 0 Å². The van der Waals surface area contributed by atoms with Crippen LogP contribution in [0, 0.1) is 0 Å². The van der Waals surface area contributed by atoms with Gasteiger partial charge in [0.2, 0.25) is 5.79 Å². The molecule has 0 rings (SSSR count). The molecule has 0 aromatic carbocycles. The third-order valence-corrected chi connectivity index (χ3v) is 1.62. The van der Waals surface area contributed by atoms with Crippen LogP contribution < -0.4 is 0 Å². The van der Waals surface area contributed by atoms with Crippen LogP contribution in [0.5, 0.6) is 0 Å². The van der Waals surface area contributed by atoms with Crippen molar-refractivity contribution < 1.29 is 18.9 Å². The van der Waals surface area contributed by atoms with Crippen molar-refractivity contribution in [1.82, 2.24) is 0 Å². The summed E-state index contributed by atoms with van der Waals surface area (Å²) in [6.45, 7) is 12.1. The van der Waals surface area contributed by atoms with Gasteiger partial charge in [0.25, 0.3) is 0 Å². The molecule has 0 aromatic rings. The van der Waals surface area contributed by atoms with Gasteiger partial charge in [-0.15, -0.1) is 0 Å². The van der Waals surface area contributed by atoms with Crippen LogP contribution in [-0.2, 0) is 18.9 Å². The molecule has 0 unspecified atom stereocenters. The maximum absolute atomic E-state index is 5.42. The molecule has 0 amide bonds. The topological polar surface area (TPSA) is 36.9 Å². The zero-order chi connectivity index (χ0) is 11.6. The molecular weight excluding hydrogens is 196 g/mol. The summed E-state index contributed by atoms with van der Waals surface area (Å²) in [6, 6.07) is 0. The highest BCUT2D eigenvalue weighted by Crippen LogP contribution is 2.10. The van der Waals surface area contributed by atoms with E-state index < -0.39 is 5.79 Å². The lowest BCUT2D eigenvalue weighted by molar-refractivity contribution is -0.188. The van der Waals surface area contributed by atoms with Gasteiger partial charge in [-0.1, -0.05) is 6.58 Å². The zero-order valence-electron chi connectivity index (χ0n) is 9.95. The van der Waals surface area contributed by atoms with Crippen LogP contribution in [0.4, 0.5) is 0 Å². The summed E-state index contributed by atoms with van der Waals surface area (Å²) in [7, 11) is 0. The third kappa shape index (κ3) is 9.72. The van der Waals surface area contributed by atoms with E-state index in [2.05, 4.69) is 6.58 Å². The largest absolute Gasteiger partial charge is 0.471 e. The molecule has 15 heavy (non-hydrogen) atoms. The van der Waals surface area contributed by atoms with Crippen LogP contribution in [0.15, 0.2) is 12.8 Å². The Morgan fingerprint density at radius 2 is 1.67 bits per heavy atom. The Labute approximate surface area is 92.2 Å². The second kappa shape index (κ2) is 8.71. The summed E-state index contributed by atoms with van der Waals surface area (Å²) in [5.41, 5.74) is 0. The van der Waals surface area contributed by atoms with Crippen molar-refractivity contribution in [2.75, 3.05) is 33.0 Å². The molecule has 0 aromatic heterocycles. The van der Waals surface area contributed by atoms with Gasteiger partial charge in [-0.25, -0.2) is 0 Å². The fourth-order valence-electron chi connectivity index (χ4n) is 0.945. The molecule has 4 heteroatoms. The average Bonchev–Trinajstić information content (AvgIpc) is 2.16. The molecule has 0 bridgehead atoms. The summed E-state index contributed by atoms with van der Waals surface area (Å²) >= 11 is 0. The predicted molar refractivity (Wildman–Crippen MR) is 58.6 cm³/mol. The Kier molecular flexibility index (Phi) is 8.37. The zero-order valence-corrected chi connectivity index (χ0v) is 9.95. The van der Waals surface area contributed by atoms with Gasteiger partial charge in [0.1, 0.15) is 0 Å². The molecule has 0 fully saturated rings. The lowest BCUT2D eigenvalue weighted by Crippen LogP contribution is -2.28. The van der Waals surface area contributed by atoms with Gasteiger partial charge in [0, 0.05) is 20.5 Å². The minimum Gasteiger partial charge on any atom is -0.471 e. The normalized spacial score (nSPS) is 11.4. The van der Waals surface area contributed by atoms with E-state index >= 15 is 0 Å². The summed E-state index contributed by atoms with van der Waals surface area (Å²) < 4.78 is 20.9. The minimum atomic E-state index is -0.634. The van der Waals surface area contributed by atoms with E-state index in [4.69, 9.17) is 18.9 Å². The molecule has 0 heterocycles. The predicted octanol–water partition coefficient (Wildman–Crippen LogP) is 1.95. The van der Waals surface area contributed by atoms with Crippen molar-refractivity contribution in [2.24, 2.45) is 0 Å². The van der Waals surface area contributed by atoms with Crippen LogP contribution >= 0.6 is 0 Å². The molecule has 0 aliphatic carbocycles.